The number of rotatable bonds is 13. The number of hydrogen-bond donors (Lipinski definition) is 0. The summed E-state index contributed by atoms with van der Waals surface area (Å²) in [4.78, 5) is 0. The first-order valence-electron chi connectivity index (χ1n) is 10.7. The van der Waals surface area contributed by atoms with Crippen LogP contribution < -0.4 is 9.04 Å². The largest absolute Gasteiger partial charge is 0.491 e. The number of ether oxygens (including phenoxy) is 2. The summed E-state index contributed by atoms with van der Waals surface area (Å²) >= 11 is 1.37. The van der Waals surface area contributed by atoms with E-state index in [1.54, 1.807) is 0 Å². The summed E-state index contributed by atoms with van der Waals surface area (Å²) in [5.74, 6) is 0.866. The zero-order valence-corrected chi connectivity index (χ0v) is 21.2. The molecular formula is C25H37NO3S2. The maximum Gasteiger partial charge on any atom is 0.119 e. The molecule has 0 fully saturated rings. The van der Waals surface area contributed by atoms with Gasteiger partial charge in [-0.25, -0.2) is 0 Å². The normalized spacial score (nSPS) is 11.0. The van der Waals surface area contributed by atoms with Crippen molar-refractivity contribution in [1.29, 1.82) is 0 Å². The van der Waals surface area contributed by atoms with Crippen molar-refractivity contribution in [3.05, 3.63) is 54.1 Å². The average Bonchev–Trinajstić information content (AvgIpc) is 2.75. The minimum Gasteiger partial charge on any atom is -0.491 e. The Balaban J connectivity index is 0.00000480. The first kappa shape index (κ1) is 27.4. The summed E-state index contributed by atoms with van der Waals surface area (Å²) in [7, 11) is 2.02. The van der Waals surface area contributed by atoms with Crippen LogP contribution in [0.4, 0.5) is 5.69 Å². The summed E-state index contributed by atoms with van der Waals surface area (Å²) in [6, 6.07) is 14.7. The van der Waals surface area contributed by atoms with Crippen molar-refractivity contribution in [2.24, 2.45) is 0 Å². The molecular weight excluding hydrogens is 426 g/mol. The van der Waals surface area contributed by atoms with Crippen LogP contribution in [0.5, 0.6) is 5.75 Å². The summed E-state index contributed by atoms with van der Waals surface area (Å²) in [5.41, 5.74) is 4.60. The van der Waals surface area contributed by atoms with E-state index in [0.29, 0.717) is 13.2 Å². The van der Waals surface area contributed by atoms with Crippen molar-refractivity contribution in [3.63, 3.8) is 0 Å². The highest BCUT2D eigenvalue weighted by Gasteiger charge is 2.10. The lowest BCUT2D eigenvalue weighted by Crippen LogP contribution is -2.11. The molecule has 0 N–H and O–H groups in total. The maximum absolute atomic E-state index is 5.78. The van der Waals surface area contributed by atoms with Gasteiger partial charge in [0.15, 0.2) is 0 Å². The Labute approximate surface area is 199 Å². The third kappa shape index (κ3) is 9.60. The highest BCUT2D eigenvalue weighted by molar-refractivity contribution is 7.96. The average molecular weight is 464 g/mol. The Kier molecular flexibility index (Phi) is 13.5. The maximum atomic E-state index is 5.78. The van der Waals surface area contributed by atoms with Gasteiger partial charge in [0.25, 0.3) is 0 Å². The van der Waals surface area contributed by atoms with Gasteiger partial charge in [0.1, 0.15) is 24.6 Å². The molecule has 31 heavy (non-hydrogen) atoms. The second kappa shape index (κ2) is 15.2. The van der Waals surface area contributed by atoms with Crippen LogP contribution in [0.1, 0.15) is 46.1 Å². The smallest absolute Gasteiger partial charge is 0.119 e. The third-order valence-corrected chi connectivity index (χ3v) is 5.28. The van der Waals surface area contributed by atoms with Gasteiger partial charge in [-0.3, -0.25) is 8.49 Å². The van der Waals surface area contributed by atoms with Gasteiger partial charge in [-0.15, -0.1) is 0 Å². The highest BCUT2D eigenvalue weighted by atomic mass is 32.2. The van der Waals surface area contributed by atoms with Crippen molar-refractivity contribution < 1.29 is 13.7 Å². The lowest BCUT2D eigenvalue weighted by atomic mass is 10.0. The number of anilines is 1. The zero-order chi connectivity index (χ0) is 21.8. The molecule has 0 spiro atoms. The van der Waals surface area contributed by atoms with Crippen LogP contribution in [0.2, 0.25) is 0 Å². The third-order valence-electron chi connectivity index (χ3n) is 4.39. The molecule has 0 amide bonds. The first-order valence-corrected chi connectivity index (χ1v) is 11.4. The Bertz CT molecular complexity index is 779. The van der Waals surface area contributed by atoms with E-state index in [4.69, 9.17) is 13.7 Å². The molecule has 0 bridgehead atoms. The topological polar surface area (TPSA) is 30.9 Å². The molecule has 0 unspecified atom stereocenters. The molecule has 0 aliphatic carbocycles. The SMILES string of the molecule is C/C=C/c1cc(-c2ccc(OCCOCCCC)cc2)ccc1N(C)SOC(C)C.S. The molecule has 0 aromatic heterocycles. The quantitative estimate of drug-likeness (QED) is 0.179. The minimum absolute atomic E-state index is 0. The molecule has 0 heterocycles. The summed E-state index contributed by atoms with van der Waals surface area (Å²) in [6.07, 6.45) is 6.61. The van der Waals surface area contributed by atoms with Gasteiger partial charge in [-0.1, -0.05) is 43.7 Å². The first-order chi connectivity index (χ1) is 14.5. The van der Waals surface area contributed by atoms with Crippen LogP contribution in [0, 0.1) is 0 Å². The van der Waals surface area contributed by atoms with E-state index >= 15 is 0 Å². The molecule has 172 valence electrons. The number of benzene rings is 2. The number of allylic oxidation sites excluding steroid dienone is 1. The molecule has 6 heteroatoms. The highest BCUT2D eigenvalue weighted by Crippen LogP contribution is 2.32. The molecule has 0 radical (unpaired) electrons. The van der Waals surface area contributed by atoms with Gasteiger partial charge in [-0.05, 0) is 68.1 Å². The summed E-state index contributed by atoms with van der Waals surface area (Å²) in [5, 5.41) is 0. The lowest BCUT2D eigenvalue weighted by Gasteiger charge is -2.21. The number of nitrogens with zero attached hydrogens (tertiary/aromatic N) is 1. The molecule has 0 saturated heterocycles. The van der Waals surface area contributed by atoms with Crippen LogP contribution >= 0.6 is 25.7 Å². The van der Waals surface area contributed by atoms with Crippen molar-refractivity contribution >= 4 is 37.5 Å². The van der Waals surface area contributed by atoms with Crippen molar-refractivity contribution in [3.8, 4) is 16.9 Å². The minimum atomic E-state index is 0. The van der Waals surface area contributed by atoms with E-state index in [9.17, 15) is 0 Å². The van der Waals surface area contributed by atoms with E-state index < -0.39 is 0 Å². The predicted molar refractivity (Wildman–Crippen MR) is 140 cm³/mol. The zero-order valence-electron chi connectivity index (χ0n) is 19.4. The Morgan fingerprint density at radius 3 is 2.35 bits per heavy atom. The van der Waals surface area contributed by atoms with Gasteiger partial charge in [-0.2, -0.15) is 13.5 Å². The fourth-order valence-corrected chi connectivity index (χ4v) is 3.38. The number of hydrogen-bond acceptors (Lipinski definition) is 5. The Hall–Kier alpha value is -1.60. The fourth-order valence-electron chi connectivity index (χ4n) is 2.84. The lowest BCUT2D eigenvalue weighted by molar-refractivity contribution is 0.0981. The monoisotopic (exact) mass is 463 g/mol. The van der Waals surface area contributed by atoms with Gasteiger partial charge in [0.05, 0.1) is 18.4 Å². The van der Waals surface area contributed by atoms with Crippen LogP contribution in [0.3, 0.4) is 0 Å². The fraction of sp³-hybridized carbons (Fsp3) is 0.440. The molecule has 2 aromatic rings. The van der Waals surface area contributed by atoms with Crippen molar-refractivity contribution in [2.75, 3.05) is 31.2 Å². The van der Waals surface area contributed by atoms with E-state index in [-0.39, 0.29) is 19.6 Å². The van der Waals surface area contributed by atoms with Gasteiger partial charge in [0.2, 0.25) is 0 Å². The molecule has 2 aromatic carbocycles. The van der Waals surface area contributed by atoms with Crippen molar-refractivity contribution in [1.82, 2.24) is 0 Å². The van der Waals surface area contributed by atoms with Gasteiger partial charge < -0.3 is 9.47 Å². The summed E-state index contributed by atoms with van der Waals surface area (Å²) < 4.78 is 19.0. The van der Waals surface area contributed by atoms with Crippen LogP contribution in [0.25, 0.3) is 17.2 Å². The molecule has 0 aliphatic heterocycles. The second-order valence-corrected chi connectivity index (χ2v) is 8.22. The van der Waals surface area contributed by atoms with Gasteiger partial charge in [0, 0.05) is 13.7 Å². The van der Waals surface area contributed by atoms with Crippen LogP contribution in [-0.2, 0) is 8.92 Å². The molecule has 0 atom stereocenters. The van der Waals surface area contributed by atoms with E-state index in [1.165, 1.54) is 17.8 Å². The molecule has 0 aliphatic rings. The Morgan fingerprint density at radius 1 is 1.00 bits per heavy atom. The van der Waals surface area contributed by atoms with Gasteiger partial charge >= 0.3 is 0 Å². The number of unbranched alkanes of at least 4 members (excludes halogenated alkanes) is 1. The second-order valence-electron chi connectivity index (χ2n) is 7.33. The Morgan fingerprint density at radius 2 is 1.71 bits per heavy atom. The van der Waals surface area contributed by atoms with E-state index in [2.05, 4.69) is 53.7 Å². The van der Waals surface area contributed by atoms with E-state index in [1.807, 2.05) is 40.0 Å². The van der Waals surface area contributed by atoms with Crippen LogP contribution in [0.15, 0.2) is 48.5 Å². The molecule has 4 nitrogen and oxygen atoms in total. The molecule has 2 rings (SSSR count). The predicted octanol–water partition coefficient (Wildman–Crippen LogP) is 7.12. The van der Waals surface area contributed by atoms with Crippen LogP contribution in [-0.4, -0.2) is 33.0 Å². The summed E-state index contributed by atoms with van der Waals surface area (Å²) in [6.45, 7) is 10.3. The molecule has 0 saturated carbocycles. The van der Waals surface area contributed by atoms with E-state index in [0.717, 1.165) is 42.0 Å². The standard InChI is InChI=1S/C25H35NO3S.H2S/c1-6-8-16-27-17-18-28-24-13-10-21(11-14-24)22-12-15-25(23(19-22)9-7-2)26(5)30-29-20(3)4;/h7,9-15,19-20H,6,8,16-18H2,1-5H3;1H2/b9-7+;. The van der Waals surface area contributed by atoms with Crippen molar-refractivity contribution in [2.45, 2.75) is 46.6 Å².